The Balaban J connectivity index is 2.22. The van der Waals surface area contributed by atoms with E-state index in [1.54, 1.807) is 18.2 Å². The van der Waals surface area contributed by atoms with Crippen LogP contribution in [0.25, 0.3) is 10.9 Å². The minimum atomic E-state index is -0.535. The van der Waals surface area contributed by atoms with Crippen LogP contribution in [0.2, 0.25) is 5.02 Å². The molecule has 0 spiro atoms. The van der Waals surface area contributed by atoms with Gasteiger partial charge < -0.3 is 5.32 Å². The molecule has 0 saturated heterocycles. The zero-order valence-electron chi connectivity index (χ0n) is 11.4. The third-order valence-electron chi connectivity index (χ3n) is 3.20. The fourth-order valence-electron chi connectivity index (χ4n) is 2.15. The third-order valence-corrected chi connectivity index (χ3v) is 4.00. The van der Waals surface area contributed by atoms with Gasteiger partial charge in [-0.3, -0.25) is 10.1 Å². The molecule has 2 aromatic carbocycles. The molecule has 0 unspecified atom stereocenters. The molecule has 0 aliphatic heterocycles. The van der Waals surface area contributed by atoms with Crippen molar-refractivity contribution in [1.29, 1.82) is 0 Å². The maximum atomic E-state index is 13.2. The second kappa shape index (κ2) is 6.10. The molecule has 3 rings (SSSR count). The van der Waals surface area contributed by atoms with Crippen LogP contribution >= 0.6 is 27.5 Å². The Morgan fingerprint density at radius 3 is 2.74 bits per heavy atom. The van der Waals surface area contributed by atoms with E-state index in [1.165, 1.54) is 18.3 Å². The molecule has 8 heteroatoms. The van der Waals surface area contributed by atoms with E-state index in [4.69, 9.17) is 11.6 Å². The number of pyridine rings is 1. The first-order chi connectivity index (χ1) is 11.0. The van der Waals surface area contributed by atoms with Crippen molar-refractivity contribution in [3.05, 3.63) is 68.0 Å². The first-order valence-corrected chi connectivity index (χ1v) is 7.57. The van der Waals surface area contributed by atoms with Crippen LogP contribution < -0.4 is 5.32 Å². The van der Waals surface area contributed by atoms with Crippen LogP contribution in [-0.2, 0) is 0 Å². The van der Waals surface area contributed by atoms with Gasteiger partial charge >= 0.3 is 5.69 Å². The maximum absolute atomic E-state index is 13.2. The van der Waals surface area contributed by atoms with Crippen LogP contribution in [0.4, 0.5) is 21.5 Å². The topological polar surface area (TPSA) is 68.1 Å². The van der Waals surface area contributed by atoms with Crippen LogP contribution in [0.3, 0.4) is 0 Å². The summed E-state index contributed by atoms with van der Waals surface area (Å²) >= 11 is 9.33. The molecule has 5 nitrogen and oxygen atoms in total. The van der Waals surface area contributed by atoms with Crippen molar-refractivity contribution >= 4 is 55.5 Å². The molecular weight excluding hydrogens is 389 g/mol. The molecule has 23 heavy (non-hydrogen) atoms. The summed E-state index contributed by atoms with van der Waals surface area (Å²) in [5, 5.41) is 14.9. The van der Waals surface area contributed by atoms with Crippen LogP contribution in [0.15, 0.2) is 47.1 Å². The maximum Gasteiger partial charge on any atom is 0.311 e. The lowest BCUT2D eigenvalue weighted by atomic mass is 10.1. The zero-order valence-corrected chi connectivity index (χ0v) is 13.7. The van der Waals surface area contributed by atoms with Gasteiger partial charge in [-0.1, -0.05) is 27.5 Å². The van der Waals surface area contributed by atoms with E-state index in [2.05, 4.69) is 26.2 Å². The van der Waals surface area contributed by atoms with E-state index in [1.807, 2.05) is 0 Å². The minimum absolute atomic E-state index is 0.124. The van der Waals surface area contributed by atoms with Gasteiger partial charge in [-0.2, -0.15) is 0 Å². The molecule has 1 heterocycles. The SMILES string of the molecule is O=[N+]([O-])c1cnc2ccc(Br)cc2c1Nc1ccc(F)cc1Cl. The molecule has 1 aromatic heterocycles. The molecule has 0 aliphatic rings. The lowest BCUT2D eigenvalue weighted by molar-refractivity contribution is -0.384. The number of nitro groups is 1. The van der Waals surface area contributed by atoms with Gasteiger partial charge in [0.1, 0.15) is 17.7 Å². The molecule has 0 fully saturated rings. The van der Waals surface area contributed by atoms with E-state index >= 15 is 0 Å². The number of halogens is 3. The number of benzene rings is 2. The van der Waals surface area contributed by atoms with Crippen LogP contribution in [0, 0.1) is 15.9 Å². The number of anilines is 2. The van der Waals surface area contributed by atoms with Gasteiger partial charge in [0.05, 0.1) is 21.2 Å². The molecule has 3 aromatic rings. The second-order valence-corrected chi connectivity index (χ2v) is 6.01. The second-order valence-electron chi connectivity index (χ2n) is 4.69. The van der Waals surface area contributed by atoms with E-state index in [0.29, 0.717) is 16.6 Å². The Kier molecular flexibility index (Phi) is 4.14. The van der Waals surface area contributed by atoms with Gasteiger partial charge in [-0.15, -0.1) is 0 Å². The Hall–Kier alpha value is -2.25. The van der Waals surface area contributed by atoms with Crippen molar-refractivity contribution in [2.75, 3.05) is 5.32 Å². The van der Waals surface area contributed by atoms with E-state index in [9.17, 15) is 14.5 Å². The molecule has 116 valence electrons. The number of fused-ring (bicyclic) bond motifs is 1. The van der Waals surface area contributed by atoms with Crippen molar-refractivity contribution < 1.29 is 9.31 Å². The smallest absolute Gasteiger partial charge is 0.311 e. The third kappa shape index (κ3) is 3.11. The predicted molar refractivity (Wildman–Crippen MR) is 90.8 cm³/mol. The van der Waals surface area contributed by atoms with Crippen LogP contribution in [0.5, 0.6) is 0 Å². The van der Waals surface area contributed by atoms with E-state index in [0.717, 1.165) is 10.5 Å². The summed E-state index contributed by atoms with van der Waals surface area (Å²) in [5.41, 5.74) is 0.994. The number of rotatable bonds is 3. The summed E-state index contributed by atoms with van der Waals surface area (Å²) in [4.78, 5) is 14.9. The van der Waals surface area contributed by atoms with Crippen LogP contribution in [-0.4, -0.2) is 9.91 Å². The summed E-state index contributed by atoms with van der Waals surface area (Å²) < 4.78 is 13.9. The Morgan fingerprint density at radius 1 is 1.26 bits per heavy atom. The Bertz CT molecular complexity index is 936. The first kappa shape index (κ1) is 15.6. The molecule has 0 saturated carbocycles. The Labute approximate surface area is 143 Å². The Morgan fingerprint density at radius 2 is 2.04 bits per heavy atom. The fraction of sp³-hybridized carbons (Fsp3) is 0. The highest BCUT2D eigenvalue weighted by molar-refractivity contribution is 9.10. The number of nitrogens with zero attached hydrogens (tertiary/aromatic N) is 2. The quantitative estimate of drug-likeness (QED) is 0.473. The highest BCUT2D eigenvalue weighted by Gasteiger charge is 2.19. The largest absolute Gasteiger partial charge is 0.348 e. The normalized spacial score (nSPS) is 10.7. The highest BCUT2D eigenvalue weighted by Crippen LogP contribution is 2.37. The van der Waals surface area contributed by atoms with Crippen molar-refractivity contribution in [1.82, 2.24) is 4.98 Å². The standard InChI is InChI=1S/C15H8BrClFN3O2/c16-8-1-3-12-10(5-8)15(14(7-19-12)21(22)23)20-13-4-2-9(18)6-11(13)17/h1-7H,(H,19,20). The predicted octanol–water partition coefficient (Wildman–Crippen LogP) is 5.44. The van der Waals surface area contributed by atoms with Gasteiger partial charge in [0.15, 0.2) is 0 Å². The number of aromatic nitrogens is 1. The summed E-state index contributed by atoms with van der Waals surface area (Å²) in [5.74, 6) is -0.489. The summed E-state index contributed by atoms with van der Waals surface area (Å²) in [7, 11) is 0. The lowest BCUT2D eigenvalue weighted by Gasteiger charge is -2.11. The molecule has 0 amide bonds. The summed E-state index contributed by atoms with van der Waals surface area (Å²) in [6.07, 6.45) is 1.18. The van der Waals surface area contributed by atoms with Crippen molar-refractivity contribution in [2.45, 2.75) is 0 Å². The van der Waals surface area contributed by atoms with Gasteiger partial charge in [0.2, 0.25) is 0 Å². The molecule has 0 radical (unpaired) electrons. The van der Waals surface area contributed by atoms with Gasteiger partial charge in [-0.05, 0) is 36.4 Å². The van der Waals surface area contributed by atoms with E-state index < -0.39 is 10.7 Å². The fourth-order valence-corrected chi connectivity index (χ4v) is 2.73. The summed E-state index contributed by atoms with van der Waals surface area (Å²) in [6.45, 7) is 0. The number of hydrogen-bond donors (Lipinski definition) is 1. The lowest BCUT2D eigenvalue weighted by Crippen LogP contribution is -2.00. The van der Waals surface area contributed by atoms with Crippen LogP contribution in [0.1, 0.15) is 0 Å². The zero-order chi connectivity index (χ0) is 16.6. The number of hydrogen-bond acceptors (Lipinski definition) is 4. The van der Waals surface area contributed by atoms with Gasteiger partial charge in [0.25, 0.3) is 0 Å². The molecule has 0 aliphatic carbocycles. The van der Waals surface area contributed by atoms with Gasteiger partial charge in [0, 0.05) is 9.86 Å². The average Bonchev–Trinajstić information content (AvgIpc) is 2.50. The van der Waals surface area contributed by atoms with Crippen molar-refractivity contribution in [3.63, 3.8) is 0 Å². The minimum Gasteiger partial charge on any atom is -0.348 e. The molecule has 1 N–H and O–H groups in total. The van der Waals surface area contributed by atoms with Crippen molar-refractivity contribution in [3.8, 4) is 0 Å². The average molecular weight is 397 g/mol. The van der Waals surface area contributed by atoms with Gasteiger partial charge in [-0.25, -0.2) is 9.37 Å². The van der Waals surface area contributed by atoms with Crippen molar-refractivity contribution in [2.24, 2.45) is 0 Å². The molecular formula is C15H8BrClFN3O2. The molecule has 0 atom stereocenters. The first-order valence-electron chi connectivity index (χ1n) is 6.40. The molecule has 0 bridgehead atoms. The summed E-state index contributed by atoms with van der Waals surface area (Å²) in [6, 6.07) is 9.02. The monoisotopic (exact) mass is 395 g/mol. The highest BCUT2D eigenvalue weighted by atomic mass is 79.9. The van der Waals surface area contributed by atoms with E-state index in [-0.39, 0.29) is 16.4 Å². The number of nitrogens with one attached hydrogen (secondary N) is 1.